The molecule has 0 aromatic carbocycles. The smallest absolute Gasteiger partial charge is 0.345 e. The largest absolute Gasteiger partial charge is 0.477 e. The first-order valence-electron chi connectivity index (χ1n) is 4.98. The van der Waals surface area contributed by atoms with Crippen LogP contribution in [0.3, 0.4) is 0 Å². The lowest BCUT2D eigenvalue weighted by molar-refractivity contribution is 0.0702. The lowest BCUT2D eigenvalue weighted by atomic mass is 10.2. The highest BCUT2D eigenvalue weighted by molar-refractivity contribution is 7.17. The van der Waals surface area contributed by atoms with Crippen molar-refractivity contribution in [3.05, 3.63) is 28.9 Å². The first-order chi connectivity index (χ1) is 7.61. The Morgan fingerprint density at radius 3 is 2.88 bits per heavy atom. The molecule has 5 heteroatoms. The molecule has 2 aromatic heterocycles. The van der Waals surface area contributed by atoms with Crippen molar-refractivity contribution < 1.29 is 9.90 Å². The van der Waals surface area contributed by atoms with E-state index < -0.39 is 5.97 Å². The van der Waals surface area contributed by atoms with E-state index in [9.17, 15) is 4.79 Å². The van der Waals surface area contributed by atoms with E-state index in [-0.39, 0.29) is 0 Å². The van der Waals surface area contributed by atoms with Crippen molar-refractivity contribution in [2.75, 3.05) is 0 Å². The Morgan fingerprint density at radius 1 is 1.56 bits per heavy atom. The minimum absolute atomic E-state index is 0.362. The van der Waals surface area contributed by atoms with Gasteiger partial charge in [0, 0.05) is 23.7 Å². The first-order valence-corrected chi connectivity index (χ1v) is 5.79. The van der Waals surface area contributed by atoms with Crippen LogP contribution in [0.4, 0.5) is 0 Å². The Balaban J connectivity index is 2.45. The van der Waals surface area contributed by atoms with Gasteiger partial charge < -0.3 is 5.11 Å². The zero-order chi connectivity index (χ0) is 11.7. The molecule has 2 aromatic rings. The molecule has 0 unspecified atom stereocenters. The van der Waals surface area contributed by atoms with Crippen molar-refractivity contribution in [3.63, 3.8) is 0 Å². The van der Waals surface area contributed by atoms with Crippen LogP contribution < -0.4 is 0 Å². The Labute approximate surface area is 97.2 Å². The van der Waals surface area contributed by atoms with Gasteiger partial charge in [-0.15, -0.1) is 11.3 Å². The average Bonchev–Trinajstić information content (AvgIpc) is 2.82. The Morgan fingerprint density at radius 2 is 2.31 bits per heavy atom. The summed E-state index contributed by atoms with van der Waals surface area (Å²) in [5.41, 5.74) is 2.03. The van der Waals surface area contributed by atoms with E-state index in [0.717, 1.165) is 22.6 Å². The van der Waals surface area contributed by atoms with Gasteiger partial charge in [-0.1, -0.05) is 6.92 Å². The molecular weight excluding hydrogens is 224 g/mol. The number of aromatic carboxylic acids is 1. The fraction of sp³-hybridized carbons (Fsp3) is 0.273. The molecule has 2 heterocycles. The second-order valence-corrected chi connectivity index (χ2v) is 4.57. The van der Waals surface area contributed by atoms with Crippen molar-refractivity contribution in [2.45, 2.75) is 13.3 Å². The van der Waals surface area contributed by atoms with Crippen LogP contribution in [0.2, 0.25) is 0 Å². The van der Waals surface area contributed by atoms with E-state index >= 15 is 0 Å². The summed E-state index contributed by atoms with van der Waals surface area (Å²) in [6.45, 7) is 2.04. The topological polar surface area (TPSA) is 55.1 Å². The molecule has 0 aliphatic rings. The van der Waals surface area contributed by atoms with Crippen LogP contribution in [0.5, 0.6) is 0 Å². The molecule has 0 aliphatic heterocycles. The van der Waals surface area contributed by atoms with Crippen LogP contribution in [0, 0.1) is 0 Å². The van der Waals surface area contributed by atoms with Gasteiger partial charge in [-0.25, -0.2) is 4.79 Å². The summed E-state index contributed by atoms with van der Waals surface area (Å²) < 4.78 is 1.76. The van der Waals surface area contributed by atoms with Gasteiger partial charge in [0.15, 0.2) is 0 Å². The van der Waals surface area contributed by atoms with Crippen molar-refractivity contribution >= 4 is 17.3 Å². The third-order valence-corrected chi connectivity index (χ3v) is 3.43. The fourth-order valence-electron chi connectivity index (χ4n) is 1.60. The number of carboxylic acids is 1. The quantitative estimate of drug-likeness (QED) is 0.890. The highest BCUT2D eigenvalue weighted by atomic mass is 32.1. The van der Waals surface area contributed by atoms with Crippen LogP contribution in [0.15, 0.2) is 18.3 Å². The van der Waals surface area contributed by atoms with Gasteiger partial charge >= 0.3 is 5.97 Å². The van der Waals surface area contributed by atoms with Crippen molar-refractivity contribution in [1.29, 1.82) is 0 Å². The molecule has 0 amide bonds. The molecule has 0 bridgehead atoms. The van der Waals surface area contributed by atoms with Crippen molar-refractivity contribution in [1.82, 2.24) is 9.78 Å². The summed E-state index contributed by atoms with van der Waals surface area (Å²) in [6.07, 6.45) is 2.77. The van der Waals surface area contributed by atoms with Gasteiger partial charge in [-0.3, -0.25) is 4.68 Å². The third kappa shape index (κ3) is 1.86. The zero-order valence-electron chi connectivity index (χ0n) is 9.10. The van der Waals surface area contributed by atoms with Crippen LogP contribution in [-0.4, -0.2) is 20.9 Å². The molecule has 0 saturated heterocycles. The summed E-state index contributed by atoms with van der Waals surface area (Å²) in [4.78, 5) is 12.1. The number of nitrogens with zero attached hydrogens (tertiary/aromatic N) is 2. The number of carbonyl (C=O) groups is 1. The number of aryl methyl sites for hydroxylation is 2. The lowest BCUT2D eigenvalue weighted by Gasteiger charge is -1.94. The van der Waals surface area contributed by atoms with E-state index in [1.165, 1.54) is 11.3 Å². The predicted octanol–water partition coefficient (Wildman–Crippen LogP) is 2.41. The van der Waals surface area contributed by atoms with E-state index in [0.29, 0.717) is 4.88 Å². The monoisotopic (exact) mass is 236 g/mol. The first kappa shape index (κ1) is 10.9. The van der Waals surface area contributed by atoms with Crippen LogP contribution in [0.1, 0.15) is 22.3 Å². The molecule has 0 atom stereocenters. The predicted molar refractivity (Wildman–Crippen MR) is 62.9 cm³/mol. The van der Waals surface area contributed by atoms with Gasteiger partial charge in [0.1, 0.15) is 4.88 Å². The second kappa shape index (κ2) is 4.09. The summed E-state index contributed by atoms with van der Waals surface area (Å²) in [5.74, 6) is -0.877. The molecule has 84 valence electrons. The molecular formula is C11H12N2O2S. The molecule has 16 heavy (non-hydrogen) atoms. The zero-order valence-corrected chi connectivity index (χ0v) is 9.91. The molecule has 0 aliphatic carbocycles. The van der Waals surface area contributed by atoms with Crippen LogP contribution in [0.25, 0.3) is 10.4 Å². The number of hydrogen-bond acceptors (Lipinski definition) is 3. The van der Waals surface area contributed by atoms with Crippen LogP contribution >= 0.6 is 11.3 Å². The highest BCUT2D eigenvalue weighted by Crippen LogP contribution is 2.30. The molecule has 1 N–H and O–H groups in total. The molecule has 4 nitrogen and oxygen atoms in total. The minimum Gasteiger partial charge on any atom is -0.477 e. The van der Waals surface area contributed by atoms with Gasteiger partial charge in [-0.2, -0.15) is 5.10 Å². The Kier molecular flexibility index (Phi) is 2.78. The van der Waals surface area contributed by atoms with Gasteiger partial charge in [0.05, 0.1) is 5.69 Å². The maximum atomic E-state index is 10.8. The van der Waals surface area contributed by atoms with E-state index in [1.54, 1.807) is 10.7 Å². The number of thiophene rings is 1. The standard InChI is InChI=1S/C11H12N2O2S/c1-3-8-7(6-13(2)12-8)9-4-5-10(16-9)11(14)15/h4-6H,3H2,1-2H3,(H,14,15). The van der Waals surface area contributed by atoms with Gasteiger partial charge in [0.2, 0.25) is 0 Å². The molecule has 0 radical (unpaired) electrons. The fourth-order valence-corrected chi connectivity index (χ4v) is 2.48. The van der Waals surface area contributed by atoms with Crippen LogP contribution in [-0.2, 0) is 13.5 Å². The van der Waals surface area contributed by atoms with E-state index in [4.69, 9.17) is 5.11 Å². The summed E-state index contributed by atoms with van der Waals surface area (Å²) in [7, 11) is 1.87. The van der Waals surface area contributed by atoms with E-state index in [1.807, 2.05) is 26.2 Å². The van der Waals surface area contributed by atoms with Crippen molar-refractivity contribution in [3.8, 4) is 10.4 Å². The Hall–Kier alpha value is -1.62. The summed E-state index contributed by atoms with van der Waals surface area (Å²) >= 11 is 1.28. The maximum absolute atomic E-state index is 10.8. The lowest BCUT2D eigenvalue weighted by Crippen LogP contribution is -1.89. The maximum Gasteiger partial charge on any atom is 0.345 e. The average molecular weight is 236 g/mol. The molecule has 2 rings (SSSR count). The minimum atomic E-state index is -0.877. The third-order valence-electron chi connectivity index (χ3n) is 2.32. The Bertz CT molecular complexity index is 528. The number of rotatable bonds is 3. The van der Waals surface area contributed by atoms with Gasteiger partial charge in [-0.05, 0) is 18.6 Å². The second-order valence-electron chi connectivity index (χ2n) is 3.49. The molecule has 0 spiro atoms. The molecule has 0 fully saturated rings. The van der Waals surface area contributed by atoms with Crippen molar-refractivity contribution in [2.24, 2.45) is 7.05 Å². The number of hydrogen-bond donors (Lipinski definition) is 1. The van der Waals surface area contributed by atoms with Gasteiger partial charge in [0.25, 0.3) is 0 Å². The normalized spacial score (nSPS) is 10.6. The summed E-state index contributed by atoms with van der Waals surface area (Å²) in [5, 5.41) is 13.2. The summed E-state index contributed by atoms with van der Waals surface area (Å²) in [6, 6.07) is 3.47. The highest BCUT2D eigenvalue weighted by Gasteiger charge is 2.13. The van der Waals surface area contributed by atoms with E-state index in [2.05, 4.69) is 5.10 Å². The number of carboxylic acid groups (broad SMARTS) is 1. The number of aromatic nitrogens is 2. The molecule has 0 saturated carbocycles. The SMILES string of the molecule is CCc1nn(C)cc1-c1ccc(C(=O)O)s1.